The molecule has 0 aromatic heterocycles. The van der Waals surface area contributed by atoms with Crippen molar-refractivity contribution >= 4 is 5.78 Å². The standard InChI is InChI=1S/C12H16O5/c1-7(14)8-3-4-11(17-2)9(5-8)12(16)10(15)6-13/h3-5,10,12-13,15-16H,6H2,1-2H3. The van der Waals surface area contributed by atoms with Crippen molar-refractivity contribution in [3.63, 3.8) is 0 Å². The van der Waals surface area contributed by atoms with Gasteiger partial charge in [0.25, 0.3) is 0 Å². The second kappa shape index (κ2) is 5.77. The fraction of sp³-hybridized carbons (Fsp3) is 0.417. The van der Waals surface area contributed by atoms with Crippen molar-refractivity contribution < 1.29 is 24.9 Å². The van der Waals surface area contributed by atoms with Gasteiger partial charge in [0.05, 0.1) is 13.7 Å². The summed E-state index contributed by atoms with van der Waals surface area (Å²) in [6.07, 6.45) is -2.61. The molecule has 0 amide bonds. The van der Waals surface area contributed by atoms with Crippen LogP contribution in [0.4, 0.5) is 0 Å². The van der Waals surface area contributed by atoms with Gasteiger partial charge in [0.15, 0.2) is 5.78 Å². The molecule has 17 heavy (non-hydrogen) atoms. The Kier molecular flexibility index (Phi) is 4.62. The van der Waals surface area contributed by atoms with Crippen molar-refractivity contribution in [2.45, 2.75) is 19.1 Å². The SMILES string of the molecule is COc1ccc(C(C)=O)cc1C(O)C(O)CO. The Labute approximate surface area is 99.3 Å². The minimum absolute atomic E-state index is 0.153. The molecule has 0 saturated carbocycles. The predicted molar refractivity (Wildman–Crippen MR) is 61.1 cm³/mol. The lowest BCUT2D eigenvalue weighted by Gasteiger charge is -2.19. The van der Waals surface area contributed by atoms with E-state index in [9.17, 15) is 15.0 Å². The lowest BCUT2D eigenvalue weighted by Crippen LogP contribution is -2.22. The number of hydrogen-bond donors (Lipinski definition) is 3. The Balaban J connectivity index is 3.18. The zero-order valence-electron chi connectivity index (χ0n) is 9.75. The van der Waals surface area contributed by atoms with Crippen molar-refractivity contribution in [2.75, 3.05) is 13.7 Å². The van der Waals surface area contributed by atoms with Gasteiger partial charge in [-0.05, 0) is 25.1 Å². The summed E-state index contributed by atoms with van der Waals surface area (Å²) in [5.41, 5.74) is 0.687. The molecule has 1 aromatic carbocycles. The molecule has 5 heteroatoms. The topological polar surface area (TPSA) is 87.0 Å². The summed E-state index contributed by atoms with van der Waals surface area (Å²) < 4.78 is 5.03. The van der Waals surface area contributed by atoms with Gasteiger partial charge in [-0.1, -0.05) is 0 Å². The number of rotatable bonds is 5. The van der Waals surface area contributed by atoms with Gasteiger partial charge in [-0.25, -0.2) is 0 Å². The first kappa shape index (κ1) is 13.6. The minimum atomic E-state index is -1.31. The number of aliphatic hydroxyl groups excluding tert-OH is 3. The summed E-state index contributed by atoms with van der Waals surface area (Å²) in [4.78, 5) is 11.2. The summed E-state index contributed by atoms with van der Waals surface area (Å²) in [5.74, 6) is 0.203. The fourth-order valence-corrected chi connectivity index (χ4v) is 1.49. The quantitative estimate of drug-likeness (QED) is 0.644. The number of hydrogen-bond acceptors (Lipinski definition) is 5. The zero-order chi connectivity index (χ0) is 13.0. The van der Waals surface area contributed by atoms with E-state index in [1.165, 1.54) is 20.1 Å². The van der Waals surface area contributed by atoms with Crippen LogP contribution >= 0.6 is 0 Å². The van der Waals surface area contributed by atoms with Crippen LogP contribution in [-0.4, -0.2) is 40.9 Å². The monoisotopic (exact) mass is 240 g/mol. The molecular formula is C12H16O5. The highest BCUT2D eigenvalue weighted by molar-refractivity contribution is 5.94. The largest absolute Gasteiger partial charge is 0.496 e. The van der Waals surface area contributed by atoms with Crippen LogP contribution in [0.25, 0.3) is 0 Å². The summed E-state index contributed by atoms with van der Waals surface area (Å²) in [6, 6.07) is 4.56. The van der Waals surface area contributed by atoms with E-state index in [2.05, 4.69) is 0 Å². The molecule has 5 nitrogen and oxygen atoms in total. The molecule has 2 unspecified atom stereocenters. The summed E-state index contributed by atoms with van der Waals surface area (Å²) in [7, 11) is 1.42. The number of Topliss-reactive ketones (excluding diaryl/α,β-unsaturated/α-hetero) is 1. The van der Waals surface area contributed by atoms with Crippen LogP contribution < -0.4 is 4.74 Å². The molecule has 2 atom stereocenters. The van der Waals surface area contributed by atoms with Gasteiger partial charge in [-0.2, -0.15) is 0 Å². The number of ketones is 1. The van der Waals surface area contributed by atoms with Gasteiger partial charge in [-0.15, -0.1) is 0 Å². The highest BCUT2D eigenvalue weighted by Gasteiger charge is 2.22. The number of aliphatic hydroxyl groups is 3. The number of benzene rings is 1. The molecular weight excluding hydrogens is 224 g/mol. The molecule has 0 aliphatic carbocycles. The van der Waals surface area contributed by atoms with Crippen molar-refractivity contribution in [2.24, 2.45) is 0 Å². The van der Waals surface area contributed by atoms with Gasteiger partial charge < -0.3 is 20.1 Å². The Morgan fingerprint density at radius 1 is 1.41 bits per heavy atom. The van der Waals surface area contributed by atoms with E-state index < -0.39 is 18.8 Å². The van der Waals surface area contributed by atoms with Crippen LogP contribution in [0.15, 0.2) is 18.2 Å². The maximum absolute atomic E-state index is 11.2. The molecule has 0 spiro atoms. The number of carbonyl (C=O) groups is 1. The van der Waals surface area contributed by atoms with Crippen molar-refractivity contribution in [3.05, 3.63) is 29.3 Å². The predicted octanol–water partition coefficient (Wildman–Crippen LogP) is 0.284. The van der Waals surface area contributed by atoms with Crippen LogP contribution in [0, 0.1) is 0 Å². The van der Waals surface area contributed by atoms with Gasteiger partial charge in [0.2, 0.25) is 0 Å². The Morgan fingerprint density at radius 3 is 2.53 bits per heavy atom. The third-order valence-electron chi connectivity index (χ3n) is 2.51. The van der Waals surface area contributed by atoms with E-state index in [0.717, 1.165) is 0 Å². The number of methoxy groups -OCH3 is 1. The summed E-state index contributed by atoms with van der Waals surface area (Å²) in [5, 5.41) is 28.0. The second-order valence-corrected chi connectivity index (χ2v) is 3.71. The van der Waals surface area contributed by atoms with E-state index in [1.54, 1.807) is 12.1 Å². The molecule has 94 valence electrons. The van der Waals surface area contributed by atoms with E-state index in [1.807, 2.05) is 0 Å². The molecule has 0 aliphatic rings. The molecule has 0 heterocycles. The minimum Gasteiger partial charge on any atom is -0.496 e. The van der Waals surface area contributed by atoms with Crippen molar-refractivity contribution in [1.82, 2.24) is 0 Å². The molecule has 0 bridgehead atoms. The molecule has 0 radical (unpaired) electrons. The van der Waals surface area contributed by atoms with E-state index in [0.29, 0.717) is 11.3 Å². The van der Waals surface area contributed by atoms with Gasteiger partial charge >= 0.3 is 0 Å². The lowest BCUT2D eigenvalue weighted by molar-refractivity contribution is -0.0162. The molecule has 0 fully saturated rings. The normalized spacial score (nSPS) is 14.2. The molecule has 3 N–H and O–H groups in total. The number of ether oxygens (including phenoxy) is 1. The van der Waals surface area contributed by atoms with Crippen molar-refractivity contribution in [1.29, 1.82) is 0 Å². The first-order valence-corrected chi connectivity index (χ1v) is 5.17. The third kappa shape index (κ3) is 3.03. The van der Waals surface area contributed by atoms with Crippen LogP contribution in [0.2, 0.25) is 0 Å². The summed E-state index contributed by atoms with van der Waals surface area (Å²) >= 11 is 0. The van der Waals surface area contributed by atoms with Gasteiger partial charge in [0.1, 0.15) is 18.0 Å². The van der Waals surface area contributed by atoms with E-state index in [4.69, 9.17) is 9.84 Å². The molecule has 1 aromatic rings. The summed E-state index contributed by atoms with van der Waals surface area (Å²) in [6.45, 7) is 0.828. The smallest absolute Gasteiger partial charge is 0.159 e. The maximum atomic E-state index is 11.2. The molecule has 0 aliphatic heterocycles. The number of carbonyl (C=O) groups excluding carboxylic acids is 1. The lowest BCUT2D eigenvalue weighted by atomic mass is 9.99. The van der Waals surface area contributed by atoms with Crippen LogP contribution in [0.1, 0.15) is 28.9 Å². The third-order valence-corrected chi connectivity index (χ3v) is 2.51. The highest BCUT2D eigenvalue weighted by Crippen LogP contribution is 2.28. The Hall–Kier alpha value is -1.43. The first-order valence-electron chi connectivity index (χ1n) is 5.17. The molecule has 1 rings (SSSR count). The van der Waals surface area contributed by atoms with E-state index in [-0.39, 0.29) is 11.3 Å². The average molecular weight is 240 g/mol. The average Bonchev–Trinajstić information content (AvgIpc) is 2.35. The van der Waals surface area contributed by atoms with Crippen LogP contribution in [0.3, 0.4) is 0 Å². The van der Waals surface area contributed by atoms with Crippen LogP contribution in [-0.2, 0) is 0 Å². The van der Waals surface area contributed by atoms with Crippen LogP contribution in [0.5, 0.6) is 5.75 Å². The highest BCUT2D eigenvalue weighted by atomic mass is 16.5. The molecule has 0 saturated heterocycles. The second-order valence-electron chi connectivity index (χ2n) is 3.71. The van der Waals surface area contributed by atoms with Gasteiger partial charge in [-0.3, -0.25) is 4.79 Å². The van der Waals surface area contributed by atoms with Crippen molar-refractivity contribution in [3.8, 4) is 5.75 Å². The first-order chi connectivity index (χ1) is 8.01. The Morgan fingerprint density at radius 2 is 2.06 bits per heavy atom. The fourth-order valence-electron chi connectivity index (χ4n) is 1.49. The Bertz CT molecular complexity index is 402. The van der Waals surface area contributed by atoms with Gasteiger partial charge in [0, 0.05) is 11.1 Å². The maximum Gasteiger partial charge on any atom is 0.159 e. The zero-order valence-corrected chi connectivity index (χ0v) is 9.75. The van der Waals surface area contributed by atoms with E-state index >= 15 is 0 Å².